The molecule has 1 N–H and O–H groups in total. The largest absolute Gasteiger partial charge is 0.353 e. The highest BCUT2D eigenvalue weighted by atomic mass is 32.2. The summed E-state index contributed by atoms with van der Waals surface area (Å²) >= 11 is 0. The highest BCUT2D eigenvalue weighted by Gasteiger charge is 2.32. The van der Waals surface area contributed by atoms with Gasteiger partial charge in [-0.15, -0.1) is 0 Å². The van der Waals surface area contributed by atoms with Crippen LogP contribution in [0.15, 0.2) is 42.6 Å². The van der Waals surface area contributed by atoms with E-state index >= 15 is 0 Å². The van der Waals surface area contributed by atoms with Crippen LogP contribution >= 0.6 is 0 Å². The maximum Gasteiger partial charge on any atom is 0.255 e. The van der Waals surface area contributed by atoms with Crippen molar-refractivity contribution >= 4 is 27.2 Å². The number of benzene rings is 1. The van der Waals surface area contributed by atoms with E-state index in [0.29, 0.717) is 30.0 Å². The van der Waals surface area contributed by atoms with Crippen LogP contribution in [0.1, 0.15) is 23.7 Å². The van der Waals surface area contributed by atoms with Crippen molar-refractivity contribution in [2.75, 3.05) is 28.3 Å². The Balaban J connectivity index is 1.69. The lowest BCUT2D eigenvalue weighted by Gasteiger charge is -2.28. The van der Waals surface area contributed by atoms with E-state index in [-0.39, 0.29) is 23.5 Å². The molecule has 26 heavy (non-hydrogen) atoms. The van der Waals surface area contributed by atoms with Gasteiger partial charge in [0.2, 0.25) is 0 Å². The predicted molar refractivity (Wildman–Crippen MR) is 98.7 cm³/mol. The fraction of sp³-hybridized carbons (Fsp3) is 0.333. The van der Waals surface area contributed by atoms with E-state index in [0.717, 1.165) is 0 Å². The van der Waals surface area contributed by atoms with Crippen LogP contribution in [0.4, 0.5) is 15.9 Å². The summed E-state index contributed by atoms with van der Waals surface area (Å²) < 4.78 is 36.3. The smallest absolute Gasteiger partial charge is 0.255 e. The maximum absolute atomic E-state index is 12.9. The number of amides is 1. The third kappa shape index (κ3) is 4.19. The van der Waals surface area contributed by atoms with E-state index in [4.69, 9.17) is 0 Å². The van der Waals surface area contributed by atoms with Gasteiger partial charge < -0.3 is 10.2 Å². The molecule has 1 aromatic carbocycles. The zero-order valence-electron chi connectivity index (χ0n) is 14.4. The minimum atomic E-state index is -2.97. The highest BCUT2D eigenvalue weighted by Crippen LogP contribution is 2.23. The van der Waals surface area contributed by atoms with Crippen molar-refractivity contribution in [2.45, 2.75) is 19.4 Å². The van der Waals surface area contributed by atoms with Gasteiger partial charge in [-0.3, -0.25) is 4.79 Å². The number of nitrogens with zero attached hydrogens (tertiary/aromatic N) is 2. The number of aromatic nitrogens is 1. The Morgan fingerprint density at radius 3 is 2.54 bits per heavy atom. The average Bonchev–Trinajstić information content (AvgIpc) is 2.97. The fourth-order valence-corrected chi connectivity index (χ4v) is 4.79. The van der Waals surface area contributed by atoms with E-state index in [1.807, 2.05) is 11.8 Å². The van der Waals surface area contributed by atoms with Crippen molar-refractivity contribution < 1.29 is 17.6 Å². The molecule has 2 aromatic rings. The molecule has 1 unspecified atom stereocenters. The number of anilines is 2. The van der Waals surface area contributed by atoms with Crippen LogP contribution in [-0.2, 0) is 9.84 Å². The van der Waals surface area contributed by atoms with Crippen molar-refractivity contribution in [3.05, 3.63) is 54.0 Å². The molecule has 1 atom stereocenters. The normalized spacial score (nSPS) is 18.5. The molecule has 0 saturated carbocycles. The summed E-state index contributed by atoms with van der Waals surface area (Å²) in [6.07, 6.45) is 2.13. The first-order valence-electron chi connectivity index (χ1n) is 8.38. The van der Waals surface area contributed by atoms with Gasteiger partial charge in [-0.25, -0.2) is 17.8 Å². The minimum Gasteiger partial charge on any atom is -0.353 e. The number of sulfone groups is 1. The Labute approximate surface area is 152 Å². The molecule has 1 amide bonds. The molecule has 0 bridgehead atoms. The second-order valence-electron chi connectivity index (χ2n) is 6.21. The molecule has 2 heterocycles. The first-order chi connectivity index (χ1) is 12.4. The molecular weight excluding hydrogens is 357 g/mol. The van der Waals surface area contributed by atoms with Gasteiger partial charge >= 0.3 is 0 Å². The lowest BCUT2D eigenvalue weighted by Crippen LogP contribution is -2.36. The van der Waals surface area contributed by atoms with Crippen LogP contribution in [0.3, 0.4) is 0 Å². The monoisotopic (exact) mass is 377 g/mol. The molecule has 1 aliphatic rings. The molecule has 1 aliphatic heterocycles. The number of carbonyl (C=O) groups is 1. The second-order valence-corrected chi connectivity index (χ2v) is 8.44. The van der Waals surface area contributed by atoms with Crippen molar-refractivity contribution in [3.63, 3.8) is 0 Å². The number of nitrogens with one attached hydrogen (secondary N) is 1. The minimum absolute atomic E-state index is 0.0721. The van der Waals surface area contributed by atoms with Gasteiger partial charge in [-0.1, -0.05) is 0 Å². The second kappa shape index (κ2) is 7.41. The molecule has 1 aromatic heterocycles. The molecular formula is C18H20FN3O3S. The molecule has 3 rings (SSSR count). The molecule has 8 heteroatoms. The number of pyridine rings is 1. The van der Waals surface area contributed by atoms with E-state index in [1.165, 1.54) is 30.5 Å². The van der Waals surface area contributed by atoms with Gasteiger partial charge in [0.1, 0.15) is 11.6 Å². The number of carbonyl (C=O) groups excluding carboxylic acids is 1. The lowest BCUT2D eigenvalue weighted by molar-refractivity contribution is 0.102. The summed E-state index contributed by atoms with van der Waals surface area (Å²) in [7, 11) is -2.97. The van der Waals surface area contributed by atoms with E-state index in [1.54, 1.807) is 12.1 Å². The maximum atomic E-state index is 12.9. The van der Waals surface area contributed by atoms with E-state index in [9.17, 15) is 17.6 Å². The van der Waals surface area contributed by atoms with Crippen molar-refractivity contribution in [3.8, 4) is 0 Å². The summed E-state index contributed by atoms with van der Waals surface area (Å²) in [6.45, 7) is 2.60. The summed E-state index contributed by atoms with van der Waals surface area (Å²) in [6, 6.07) is 8.68. The number of hydrogen-bond donors (Lipinski definition) is 1. The van der Waals surface area contributed by atoms with E-state index < -0.39 is 15.7 Å². The third-order valence-corrected chi connectivity index (χ3v) is 6.15. The van der Waals surface area contributed by atoms with Gasteiger partial charge in [0.05, 0.1) is 23.4 Å². The predicted octanol–water partition coefficient (Wildman–Crippen LogP) is 2.49. The van der Waals surface area contributed by atoms with E-state index in [2.05, 4.69) is 10.3 Å². The SMILES string of the molecule is CCN(c1ccc(NC(=O)c2ccc(F)cc2)cn1)C1CCS(=O)(=O)C1. The van der Waals surface area contributed by atoms with Gasteiger partial charge in [0, 0.05) is 18.2 Å². The van der Waals surface area contributed by atoms with Crippen molar-refractivity contribution in [1.82, 2.24) is 4.98 Å². The van der Waals surface area contributed by atoms with Crippen molar-refractivity contribution in [1.29, 1.82) is 0 Å². The summed E-state index contributed by atoms with van der Waals surface area (Å²) in [5, 5.41) is 2.71. The van der Waals surface area contributed by atoms with Crippen molar-refractivity contribution in [2.24, 2.45) is 0 Å². The molecule has 1 fully saturated rings. The molecule has 1 saturated heterocycles. The molecule has 0 aliphatic carbocycles. The van der Waals surface area contributed by atoms with Crippen LogP contribution in [0, 0.1) is 5.82 Å². The Kier molecular flexibility index (Phi) is 5.22. The van der Waals surface area contributed by atoms with Crippen LogP contribution < -0.4 is 10.2 Å². The van der Waals surface area contributed by atoms with Crippen LogP contribution in [-0.4, -0.2) is 43.4 Å². The Hall–Kier alpha value is -2.48. The Bertz CT molecular complexity index is 883. The number of rotatable bonds is 5. The Morgan fingerprint density at radius 1 is 1.27 bits per heavy atom. The van der Waals surface area contributed by atoms with Gasteiger partial charge in [-0.2, -0.15) is 0 Å². The average molecular weight is 377 g/mol. The summed E-state index contributed by atoms with van der Waals surface area (Å²) in [5.41, 5.74) is 0.861. The topological polar surface area (TPSA) is 79.4 Å². The highest BCUT2D eigenvalue weighted by molar-refractivity contribution is 7.91. The van der Waals surface area contributed by atoms with Gasteiger partial charge in [0.15, 0.2) is 9.84 Å². The molecule has 0 spiro atoms. The van der Waals surface area contributed by atoms with Crippen LogP contribution in [0.25, 0.3) is 0 Å². The third-order valence-electron chi connectivity index (χ3n) is 4.40. The summed E-state index contributed by atoms with van der Waals surface area (Å²) in [5.74, 6) is 0.273. The summed E-state index contributed by atoms with van der Waals surface area (Å²) in [4.78, 5) is 18.5. The van der Waals surface area contributed by atoms with Crippen LogP contribution in [0.5, 0.6) is 0 Å². The van der Waals surface area contributed by atoms with Crippen LogP contribution in [0.2, 0.25) is 0 Å². The molecule has 138 valence electrons. The molecule has 0 radical (unpaired) electrons. The number of hydrogen-bond acceptors (Lipinski definition) is 5. The zero-order valence-corrected chi connectivity index (χ0v) is 15.2. The van der Waals surface area contributed by atoms with Gasteiger partial charge in [0.25, 0.3) is 5.91 Å². The Morgan fingerprint density at radius 2 is 2.00 bits per heavy atom. The first kappa shape index (κ1) is 18.3. The first-order valence-corrected chi connectivity index (χ1v) is 10.2. The number of halogens is 1. The fourth-order valence-electron chi connectivity index (χ4n) is 3.06. The quantitative estimate of drug-likeness (QED) is 0.866. The lowest BCUT2D eigenvalue weighted by atomic mass is 10.2. The standard InChI is InChI=1S/C18H20FN3O3S/c1-2-22(16-9-10-26(24,25)12-16)17-8-7-15(11-20-17)21-18(23)13-3-5-14(19)6-4-13/h3-8,11,16H,2,9-10,12H2,1H3,(H,21,23). The molecule has 6 nitrogen and oxygen atoms in total. The zero-order chi connectivity index (χ0) is 18.7. The van der Waals surface area contributed by atoms with Gasteiger partial charge in [-0.05, 0) is 49.7 Å².